The van der Waals surface area contributed by atoms with Crippen LogP contribution in [0, 0.1) is 0 Å². The van der Waals surface area contributed by atoms with Crippen molar-refractivity contribution in [1.82, 2.24) is 4.90 Å². The lowest BCUT2D eigenvalue weighted by atomic mass is 9.89. The van der Waals surface area contributed by atoms with E-state index in [1.54, 1.807) is 35.6 Å². The maximum atomic E-state index is 14.0. The number of anilines is 1. The number of benzene rings is 5. The number of hydrogen-bond donors (Lipinski definition) is 5. The normalized spacial score (nSPS) is 11.5. The van der Waals surface area contributed by atoms with E-state index >= 15 is 0 Å². The summed E-state index contributed by atoms with van der Waals surface area (Å²) in [5.74, 6) is -4.72. The zero-order valence-corrected chi connectivity index (χ0v) is 35.3. The summed E-state index contributed by atoms with van der Waals surface area (Å²) in [5.41, 5.74) is 4.16. The van der Waals surface area contributed by atoms with Crippen molar-refractivity contribution in [2.75, 3.05) is 57.4 Å². The second-order valence-corrected chi connectivity index (χ2v) is 16.6. The summed E-state index contributed by atoms with van der Waals surface area (Å²) in [6.07, 6.45) is 0. The molecule has 0 radical (unpaired) electrons. The first-order valence-electron chi connectivity index (χ1n) is 19.7. The van der Waals surface area contributed by atoms with Crippen LogP contribution in [0.2, 0.25) is 0 Å². The molecule has 3 heterocycles. The minimum Gasteiger partial charge on any atom is -0.507 e. The molecule has 326 valence electrons. The van der Waals surface area contributed by atoms with Gasteiger partial charge in [-0.15, -0.1) is 22.7 Å². The third-order valence-electron chi connectivity index (χ3n) is 10.5. The summed E-state index contributed by atoms with van der Waals surface area (Å²) in [6, 6.07) is 26.9. The number of carbonyl (C=O) groups is 4. The van der Waals surface area contributed by atoms with E-state index in [-0.39, 0.29) is 60.3 Å². The molecule has 1 aliphatic heterocycles. The van der Waals surface area contributed by atoms with Crippen molar-refractivity contribution < 1.29 is 58.6 Å². The lowest BCUT2D eigenvalue weighted by Crippen LogP contribution is -2.37. The molecule has 0 saturated heterocycles. The zero-order valence-electron chi connectivity index (χ0n) is 33.7. The topological polar surface area (TPSA) is 225 Å². The van der Waals surface area contributed by atoms with Crippen LogP contribution < -0.4 is 15.1 Å². The highest BCUT2D eigenvalue weighted by atomic mass is 32.1. The lowest BCUT2D eigenvalue weighted by molar-refractivity contribution is -0.142. The molecule has 0 bridgehead atoms. The number of phenols is 1. The number of rotatable bonds is 19. The molecule has 0 unspecified atom stereocenters. The van der Waals surface area contributed by atoms with Crippen molar-refractivity contribution in [3.05, 3.63) is 112 Å². The van der Waals surface area contributed by atoms with Gasteiger partial charge in [-0.25, -0.2) is 0 Å². The maximum Gasteiger partial charge on any atom is 0.323 e. The summed E-state index contributed by atoms with van der Waals surface area (Å²) in [5, 5.41) is 55.9. The molecule has 4 aromatic carbocycles. The molecule has 64 heavy (non-hydrogen) atoms. The molecule has 0 atom stereocenters. The molecule has 1 aliphatic carbocycles. The number of hydrogen-bond acceptors (Lipinski definition) is 13. The predicted molar refractivity (Wildman–Crippen MR) is 243 cm³/mol. The summed E-state index contributed by atoms with van der Waals surface area (Å²) in [4.78, 5) is 62.9. The summed E-state index contributed by atoms with van der Waals surface area (Å²) in [6.45, 7) is -2.62. The Hall–Kier alpha value is -7.31. The minimum atomic E-state index is -1.29. The smallest absolute Gasteiger partial charge is 0.323 e. The average molecular weight is 903 g/mol. The van der Waals surface area contributed by atoms with E-state index in [1.807, 2.05) is 65.4 Å². The van der Waals surface area contributed by atoms with E-state index in [0.29, 0.717) is 33.2 Å². The van der Waals surface area contributed by atoms with Crippen LogP contribution in [0.3, 0.4) is 0 Å². The summed E-state index contributed by atoms with van der Waals surface area (Å²) in [7, 11) is 0. The highest BCUT2D eigenvalue weighted by molar-refractivity contribution is 7.18. The van der Waals surface area contributed by atoms with E-state index in [2.05, 4.69) is 0 Å². The third-order valence-corrected chi connectivity index (χ3v) is 12.3. The molecule has 0 fully saturated rings. The highest BCUT2D eigenvalue weighted by Crippen LogP contribution is 2.47. The predicted octanol–water partition coefficient (Wildman–Crippen LogP) is 7.88. The van der Waals surface area contributed by atoms with Gasteiger partial charge in [-0.2, -0.15) is 0 Å². The standard InChI is InChI=1S/C47H38N2O13S2/c50-36-20-38-33(18-31(36)28-4-2-6-41-29(28)10-16-63-41)46(34-19-32(37(51)21-39(34)62-38)30-5-1-3-26-9-15-64-47(26)30)27-7-8-35(49(24-44(56)57)25-45(58)59)40(17-27)61-14-13-60-12-11-48(22-42(52)53)23-43(54)55/h1-10,15-21,50H,11-14,22-25H2,(H,52,53)(H,54,55)(H,56,57)(H,58,59). The molecular weight excluding hydrogens is 865 g/mol. The van der Waals surface area contributed by atoms with Gasteiger partial charge in [0.25, 0.3) is 0 Å². The Morgan fingerprint density at radius 2 is 1.36 bits per heavy atom. The Labute approximate surface area is 371 Å². The number of nitrogens with zero attached hydrogens (tertiary/aromatic N) is 2. The SMILES string of the molecule is O=C(O)CN(CCOCCOc1cc(-c2c3cc(-c4cccc5ccsc45)c(=O)cc-3oc3cc(O)c(-c4cccc5sccc45)cc23)ccc1N(CC(=O)O)CC(=O)O)CC(=O)O. The van der Waals surface area contributed by atoms with Crippen molar-refractivity contribution in [3.63, 3.8) is 0 Å². The largest absolute Gasteiger partial charge is 0.507 e. The van der Waals surface area contributed by atoms with Crippen molar-refractivity contribution >= 4 is 83.4 Å². The molecule has 6 aromatic rings. The monoisotopic (exact) mass is 902 g/mol. The second-order valence-electron chi connectivity index (χ2n) is 14.8. The van der Waals surface area contributed by atoms with E-state index in [9.17, 15) is 49.5 Å². The van der Waals surface area contributed by atoms with Crippen LogP contribution in [0.25, 0.3) is 75.8 Å². The van der Waals surface area contributed by atoms with E-state index in [1.165, 1.54) is 28.4 Å². The number of carboxylic acid groups (broad SMARTS) is 4. The van der Waals surface area contributed by atoms with E-state index in [4.69, 9.17) is 13.9 Å². The van der Waals surface area contributed by atoms with E-state index in [0.717, 1.165) is 36.2 Å². The van der Waals surface area contributed by atoms with Crippen molar-refractivity contribution in [3.8, 4) is 56.2 Å². The quantitative estimate of drug-likeness (QED) is 0.0384. The molecule has 0 saturated carbocycles. The number of aromatic hydroxyl groups is 1. The van der Waals surface area contributed by atoms with Gasteiger partial charge in [-0.05, 0) is 69.7 Å². The van der Waals surface area contributed by atoms with Crippen molar-refractivity contribution in [2.24, 2.45) is 0 Å². The van der Waals surface area contributed by atoms with Crippen LogP contribution in [0.4, 0.5) is 5.69 Å². The van der Waals surface area contributed by atoms with Gasteiger partial charge in [0.05, 0.1) is 32.0 Å². The van der Waals surface area contributed by atoms with Crippen LogP contribution in [0.15, 0.2) is 111 Å². The number of phenolic OH excluding ortho intramolecular Hbond substituents is 1. The molecule has 2 aromatic heterocycles. The van der Waals surface area contributed by atoms with Crippen LogP contribution in [0.1, 0.15) is 0 Å². The zero-order chi connectivity index (χ0) is 45.1. The van der Waals surface area contributed by atoms with Crippen LogP contribution in [-0.2, 0) is 23.9 Å². The molecule has 15 nitrogen and oxygen atoms in total. The molecule has 5 N–H and O–H groups in total. The van der Waals surface area contributed by atoms with Crippen molar-refractivity contribution in [1.29, 1.82) is 0 Å². The lowest BCUT2D eigenvalue weighted by Gasteiger charge is -2.25. The fourth-order valence-corrected chi connectivity index (χ4v) is 9.57. The molecule has 0 amide bonds. The first kappa shape index (κ1) is 43.3. The number of thiophene rings is 2. The number of fused-ring (bicyclic) bond motifs is 4. The number of ether oxygens (including phenoxy) is 2. The maximum absolute atomic E-state index is 14.0. The first-order chi connectivity index (χ1) is 30.8. The van der Waals surface area contributed by atoms with Crippen LogP contribution in [0.5, 0.6) is 11.5 Å². The molecular formula is C47H38N2O13S2. The number of carboxylic acids is 4. The van der Waals surface area contributed by atoms with Gasteiger partial charge < -0.3 is 44.3 Å². The van der Waals surface area contributed by atoms with Gasteiger partial charge in [0.15, 0.2) is 5.43 Å². The molecule has 0 spiro atoms. The Kier molecular flexibility index (Phi) is 12.6. The van der Waals surface area contributed by atoms with Crippen LogP contribution >= 0.6 is 22.7 Å². The highest BCUT2D eigenvalue weighted by Gasteiger charge is 2.26. The average Bonchev–Trinajstić information content (AvgIpc) is 3.93. The Morgan fingerprint density at radius 3 is 2.11 bits per heavy atom. The van der Waals surface area contributed by atoms with Gasteiger partial charge in [0.2, 0.25) is 0 Å². The van der Waals surface area contributed by atoms with Gasteiger partial charge >= 0.3 is 23.9 Å². The number of aliphatic carboxylic acids is 4. The summed E-state index contributed by atoms with van der Waals surface area (Å²) >= 11 is 3.07. The molecule has 8 rings (SSSR count). The van der Waals surface area contributed by atoms with Gasteiger partial charge in [-0.3, -0.25) is 28.9 Å². The van der Waals surface area contributed by atoms with Gasteiger partial charge in [-0.1, -0.05) is 36.4 Å². The Balaban J connectivity index is 1.28. The third kappa shape index (κ3) is 9.23. The minimum absolute atomic E-state index is 0.00392. The second kappa shape index (κ2) is 18.6. The molecule has 2 aliphatic rings. The molecule has 17 heteroatoms. The fraction of sp³-hybridized carbons (Fsp3) is 0.170. The van der Waals surface area contributed by atoms with Gasteiger partial charge in [0, 0.05) is 66.7 Å². The summed E-state index contributed by atoms with van der Waals surface area (Å²) < 4.78 is 20.3. The Bertz CT molecular complexity index is 3090. The fourth-order valence-electron chi connectivity index (χ4n) is 7.83. The van der Waals surface area contributed by atoms with Gasteiger partial charge in [0.1, 0.15) is 42.5 Å². The van der Waals surface area contributed by atoms with Crippen LogP contribution in [-0.4, -0.2) is 107 Å². The van der Waals surface area contributed by atoms with Crippen molar-refractivity contribution in [2.45, 2.75) is 0 Å². The first-order valence-corrected chi connectivity index (χ1v) is 21.5. The van der Waals surface area contributed by atoms with E-state index < -0.39 is 50.1 Å². The Morgan fingerprint density at radius 1 is 0.641 bits per heavy atom.